The summed E-state index contributed by atoms with van der Waals surface area (Å²) >= 11 is 7.87. The van der Waals surface area contributed by atoms with Crippen molar-refractivity contribution < 1.29 is 22.7 Å². The normalized spacial score (nSPS) is 15.1. The smallest absolute Gasteiger partial charge is 0.406 e. The first-order valence-corrected chi connectivity index (χ1v) is 15.8. The van der Waals surface area contributed by atoms with Crippen molar-refractivity contribution in [2.24, 2.45) is 4.99 Å². The molecule has 1 atom stereocenters. The molecule has 1 saturated heterocycles. The summed E-state index contributed by atoms with van der Waals surface area (Å²) in [5.41, 5.74) is 4.47. The monoisotopic (exact) mass is 656 g/mol. The van der Waals surface area contributed by atoms with Crippen LogP contribution in [0.15, 0.2) is 78.0 Å². The highest BCUT2D eigenvalue weighted by atomic mass is 35.5. The van der Waals surface area contributed by atoms with Crippen molar-refractivity contribution in [3.05, 3.63) is 89.2 Å². The predicted molar refractivity (Wildman–Crippen MR) is 173 cm³/mol. The first-order chi connectivity index (χ1) is 21.5. The van der Waals surface area contributed by atoms with E-state index in [1.807, 2.05) is 49.4 Å². The van der Waals surface area contributed by atoms with E-state index in [-0.39, 0.29) is 17.8 Å². The number of thioether (sulfide) groups is 1. The number of aromatic nitrogens is 3. The van der Waals surface area contributed by atoms with Gasteiger partial charge in [-0.1, -0.05) is 74.5 Å². The van der Waals surface area contributed by atoms with Crippen molar-refractivity contribution in [2.45, 2.75) is 51.9 Å². The van der Waals surface area contributed by atoms with Gasteiger partial charge in [0.15, 0.2) is 11.0 Å². The van der Waals surface area contributed by atoms with Crippen LogP contribution in [0, 0.1) is 0 Å². The van der Waals surface area contributed by atoms with Crippen molar-refractivity contribution in [1.29, 1.82) is 0 Å². The van der Waals surface area contributed by atoms with Gasteiger partial charge < -0.3 is 15.0 Å². The van der Waals surface area contributed by atoms with Gasteiger partial charge in [0.1, 0.15) is 12.1 Å². The predicted octanol–water partition coefficient (Wildman–Crippen LogP) is 8.25. The quantitative estimate of drug-likeness (QED) is 0.195. The number of rotatable bonds is 9. The molecular weight excluding hydrogens is 625 g/mol. The second kappa shape index (κ2) is 13.9. The number of hydrogen-bond donors (Lipinski definition) is 1. The van der Waals surface area contributed by atoms with Gasteiger partial charge >= 0.3 is 12.4 Å². The number of alkyl halides is 3. The number of benzene rings is 3. The summed E-state index contributed by atoms with van der Waals surface area (Å²) in [4.78, 5) is 23.9. The number of ether oxygens (including phenoxy) is 1. The van der Waals surface area contributed by atoms with Crippen molar-refractivity contribution in [2.75, 3.05) is 17.2 Å². The van der Waals surface area contributed by atoms with E-state index in [1.165, 1.54) is 35.3 Å². The molecule has 1 aliphatic rings. The van der Waals surface area contributed by atoms with Crippen LogP contribution >= 0.6 is 23.4 Å². The fraction of sp³-hybridized carbons (Fsp3) is 0.312. The zero-order chi connectivity index (χ0) is 32.1. The maximum Gasteiger partial charge on any atom is 0.573 e. The Morgan fingerprint density at radius 1 is 1.11 bits per heavy atom. The Balaban J connectivity index is 1.21. The lowest BCUT2D eigenvalue weighted by atomic mass is 10.0. The molecule has 236 valence electrons. The van der Waals surface area contributed by atoms with Gasteiger partial charge in [-0.2, -0.15) is 4.99 Å². The van der Waals surface area contributed by atoms with E-state index in [1.54, 1.807) is 11.8 Å². The van der Waals surface area contributed by atoms with Crippen LogP contribution in [0.3, 0.4) is 0 Å². The summed E-state index contributed by atoms with van der Waals surface area (Å²) < 4.78 is 42.7. The highest BCUT2D eigenvalue weighted by Crippen LogP contribution is 2.35. The number of halogens is 4. The van der Waals surface area contributed by atoms with Gasteiger partial charge in [0.25, 0.3) is 0 Å². The van der Waals surface area contributed by atoms with Crippen LogP contribution in [0.25, 0.3) is 17.1 Å². The Morgan fingerprint density at radius 3 is 2.51 bits per heavy atom. The Labute approximate surface area is 268 Å². The number of nitrogens with one attached hydrogen (secondary N) is 1. The van der Waals surface area contributed by atoms with E-state index >= 15 is 0 Å². The molecule has 0 saturated carbocycles. The number of aliphatic imine (C=N–C) groups is 1. The molecule has 1 N–H and O–H groups in total. The number of hydrogen-bond acceptors (Lipinski definition) is 5. The van der Waals surface area contributed by atoms with Crippen LogP contribution in [-0.2, 0) is 6.42 Å². The third-order valence-electron chi connectivity index (χ3n) is 7.22. The molecule has 1 aromatic heterocycles. The van der Waals surface area contributed by atoms with Crippen LogP contribution < -0.4 is 15.0 Å². The minimum absolute atomic E-state index is 0.119. The number of urea groups is 1. The molecular formula is C32H32ClF3N6O2S. The fourth-order valence-corrected chi connectivity index (χ4v) is 6.06. The zero-order valence-electron chi connectivity index (χ0n) is 24.9. The largest absolute Gasteiger partial charge is 0.573 e. The van der Waals surface area contributed by atoms with Gasteiger partial charge in [0.2, 0.25) is 0 Å². The van der Waals surface area contributed by atoms with Crippen LogP contribution in [0.1, 0.15) is 44.2 Å². The number of amides is 2. The van der Waals surface area contributed by atoms with E-state index < -0.39 is 6.36 Å². The minimum atomic E-state index is -4.75. The molecule has 2 heterocycles. The van der Waals surface area contributed by atoms with E-state index in [2.05, 4.69) is 43.9 Å². The summed E-state index contributed by atoms with van der Waals surface area (Å²) in [6.07, 6.45) is -1.92. The molecule has 0 aliphatic carbocycles. The van der Waals surface area contributed by atoms with Gasteiger partial charge in [-0.15, -0.1) is 18.3 Å². The average Bonchev–Trinajstić information content (AvgIpc) is 3.67. The molecule has 4 aromatic rings. The first kappa shape index (κ1) is 32.4. The van der Waals surface area contributed by atoms with Crippen LogP contribution in [0.2, 0.25) is 5.02 Å². The summed E-state index contributed by atoms with van der Waals surface area (Å²) in [5.74, 6) is 1.28. The average molecular weight is 657 g/mol. The van der Waals surface area contributed by atoms with E-state index in [0.29, 0.717) is 34.0 Å². The lowest BCUT2D eigenvalue weighted by Crippen LogP contribution is -2.35. The molecule has 0 radical (unpaired) electrons. The maximum atomic E-state index is 13.0. The van der Waals surface area contributed by atoms with Crippen molar-refractivity contribution >= 4 is 40.2 Å². The number of amidine groups is 1. The third kappa shape index (κ3) is 8.37. The number of carbonyl (C=O) groups is 1. The highest BCUT2D eigenvalue weighted by Gasteiger charge is 2.31. The van der Waals surface area contributed by atoms with Gasteiger partial charge in [0.05, 0.1) is 5.69 Å². The summed E-state index contributed by atoms with van der Waals surface area (Å²) in [6, 6.07) is 18.4. The summed E-state index contributed by atoms with van der Waals surface area (Å²) in [6.45, 7) is 7.02. The second-order valence-electron chi connectivity index (χ2n) is 10.8. The van der Waals surface area contributed by atoms with E-state index in [9.17, 15) is 18.0 Å². The van der Waals surface area contributed by atoms with E-state index in [4.69, 9.17) is 11.6 Å². The number of carbonyl (C=O) groups excluding carboxylic acids is 1. The number of anilines is 1. The topological polar surface area (TPSA) is 84.6 Å². The van der Waals surface area contributed by atoms with Gasteiger partial charge in [-0.05, 0) is 66.3 Å². The minimum Gasteiger partial charge on any atom is -0.406 e. The standard InChI is InChI=1S/C32H32ClF3N6O2S/c1-4-24(38-30(43)39-31-41(15-16-45-31)28-18-23(33)9-14-27(28)20(2)3)17-21-5-7-22(8-6-21)29-37-19-42(40-29)25-10-12-26(13-11-25)44-32(34,35)36/h5-14,18-20,24H,4,15-17H2,1-3H3,(H,38,43)/b39-31-. The zero-order valence-corrected chi connectivity index (χ0v) is 26.5. The molecule has 13 heteroatoms. The first-order valence-electron chi connectivity index (χ1n) is 14.4. The summed E-state index contributed by atoms with van der Waals surface area (Å²) in [5, 5.41) is 8.81. The molecule has 1 fully saturated rings. The van der Waals surface area contributed by atoms with Crippen LogP contribution in [0.5, 0.6) is 5.75 Å². The molecule has 2 amide bonds. The molecule has 45 heavy (non-hydrogen) atoms. The van der Waals surface area contributed by atoms with Crippen molar-refractivity contribution in [3.63, 3.8) is 0 Å². The van der Waals surface area contributed by atoms with Gasteiger partial charge in [-0.3, -0.25) is 0 Å². The second-order valence-corrected chi connectivity index (χ2v) is 12.3. The van der Waals surface area contributed by atoms with Crippen LogP contribution in [0.4, 0.5) is 23.7 Å². The lowest BCUT2D eigenvalue weighted by molar-refractivity contribution is -0.274. The van der Waals surface area contributed by atoms with E-state index in [0.717, 1.165) is 41.1 Å². The molecule has 3 aromatic carbocycles. The Kier molecular flexibility index (Phi) is 10.0. The van der Waals surface area contributed by atoms with Crippen molar-refractivity contribution in [3.8, 4) is 22.8 Å². The Hall–Kier alpha value is -4.03. The SMILES string of the molecule is CCC(Cc1ccc(-c2ncn(-c3ccc(OC(F)(F)F)cc3)n2)cc1)NC(=O)/N=C1\SCCN1c1cc(Cl)ccc1C(C)C. The van der Waals surface area contributed by atoms with Crippen molar-refractivity contribution in [1.82, 2.24) is 20.1 Å². The number of nitrogens with zero attached hydrogens (tertiary/aromatic N) is 5. The fourth-order valence-electron chi connectivity index (χ4n) is 4.94. The molecule has 0 bridgehead atoms. The molecule has 1 aliphatic heterocycles. The molecule has 5 rings (SSSR count). The van der Waals surface area contributed by atoms with Crippen LogP contribution in [-0.4, -0.2) is 50.7 Å². The third-order valence-corrected chi connectivity index (χ3v) is 8.41. The molecule has 8 nitrogen and oxygen atoms in total. The maximum absolute atomic E-state index is 13.0. The lowest BCUT2D eigenvalue weighted by Gasteiger charge is -2.23. The molecule has 1 unspecified atom stereocenters. The van der Waals surface area contributed by atoms with Gasteiger partial charge in [-0.25, -0.2) is 14.5 Å². The summed E-state index contributed by atoms with van der Waals surface area (Å²) in [7, 11) is 0. The Morgan fingerprint density at radius 2 is 1.84 bits per heavy atom. The van der Waals surface area contributed by atoms with Gasteiger partial charge in [0, 0.05) is 34.6 Å². The highest BCUT2D eigenvalue weighted by molar-refractivity contribution is 8.14. The Bertz CT molecular complexity index is 1660. The molecule has 0 spiro atoms.